The summed E-state index contributed by atoms with van der Waals surface area (Å²) in [5.74, 6) is -0.501. The number of carbonyl (C=O) groups is 2. The fourth-order valence-corrected chi connectivity index (χ4v) is 2.07. The number of hydrogen-bond donors (Lipinski definition) is 1. The fraction of sp³-hybridized carbons (Fsp3) is 0.500. The molecule has 0 radical (unpaired) electrons. The highest BCUT2D eigenvalue weighted by Crippen LogP contribution is 2.20. The minimum absolute atomic E-state index is 0.0577. The Hall–Kier alpha value is -1.98. The highest BCUT2D eigenvalue weighted by molar-refractivity contribution is 5.84. The first-order valence-electron chi connectivity index (χ1n) is 5.91. The number of carboxylic acids is 1. The first-order valence-corrected chi connectivity index (χ1v) is 5.91. The van der Waals surface area contributed by atoms with Crippen LogP contribution < -0.4 is 4.90 Å². The second-order valence-electron chi connectivity index (χ2n) is 4.29. The quantitative estimate of drug-likeness (QED) is 0.851. The van der Waals surface area contributed by atoms with Crippen molar-refractivity contribution in [1.29, 1.82) is 0 Å². The van der Waals surface area contributed by atoms with Gasteiger partial charge in [0.15, 0.2) is 5.88 Å². The number of carboxylic acid groups (broad SMARTS) is 1. The zero-order valence-corrected chi connectivity index (χ0v) is 10.3. The molecule has 2 rings (SSSR count). The van der Waals surface area contributed by atoms with E-state index in [9.17, 15) is 9.59 Å². The van der Waals surface area contributed by atoms with E-state index in [0.717, 1.165) is 19.5 Å². The van der Waals surface area contributed by atoms with Crippen molar-refractivity contribution >= 4 is 17.8 Å². The molecule has 1 N–H and O–H groups in total. The summed E-state index contributed by atoms with van der Waals surface area (Å²) in [6.07, 6.45) is 0.850. The maximum atomic E-state index is 11.3. The van der Waals surface area contributed by atoms with Crippen LogP contribution in [0, 0.1) is 0 Å². The molecule has 0 spiro atoms. The van der Waals surface area contributed by atoms with Crippen LogP contribution in [0.5, 0.6) is 0 Å². The van der Waals surface area contributed by atoms with Crippen LogP contribution in [0.3, 0.4) is 0 Å². The molecule has 1 saturated heterocycles. The Morgan fingerprint density at radius 2 is 2.00 bits per heavy atom. The Morgan fingerprint density at radius 1 is 1.22 bits per heavy atom. The third-order valence-corrected chi connectivity index (χ3v) is 3.06. The van der Waals surface area contributed by atoms with Crippen molar-refractivity contribution in [2.75, 3.05) is 31.1 Å². The zero-order chi connectivity index (χ0) is 13.1. The molecule has 0 unspecified atom stereocenters. The molecule has 1 aliphatic heterocycles. The second kappa shape index (κ2) is 5.12. The normalized spacial score (nSPS) is 16.5. The molecule has 2 heterocycles. The first kappa shape index (κ1) is 12.5. The van der Waals surface area contributed by atoms with Crippen molar-refractivity contribution in [3.8, 4) is 0 Å². The number of aromatic carboxylic acids is 1. The third-order valence-electron chi connectivity index (χ3n) is 3.06. The van der Waals surface area contributed by atoms with E-state index < -0.39 is 5.97 Å². The van der Waals surface area contributed by atoms with Crippen molar-refractivity contribution in [1.82, 2.24) is 4.90 Å². The minimum atomic E-state index is -1.07. The largest absolute Gasteiger partial charge is 0.475 e. The predicted octanol–water partition coefficient (Wildman–Crippen LogP) is 1.04. The van der Waals surface area contributed by atoms with Crippen molar-refractivity contribution < 1.29 is 19.1 Å². The monoisotopic (exact) mass is 252 g/mol. The van der Waals surface area contributed by atoms with Crippen LogP contribution in [0.25, 0.3) is 0 Å². The Balaban J connectivity index is 2.05. The molecule has 0 saturated carbocycles. The number of amides is 1. The Bertz CT molecular complexity index is 455. The summed E-state index contributed by atoms with van der Waals surface area (Å²) in [6.45, 7) is 4.35. The van der Waals surface area contributed by atoms with Gasteiger partial charge >= 0.3 is 5.97 Å². The van der Waals surface area contributed by atoms with Crippen LogP contribution >= 0.6 is 0 Å². The highest BCUT2D eigenvalue weighted by atomic mass is 16.4. The van der Waals surface area contributed by atoms with Gasteiger partial charge in [0, 0.05) is 39.2 Å². The lowest BCUT2D eigenvalue weighted by atomic mass is 10.4. The maximum absolute atomic E-state index is 11.3. The average molecular weight is 252 g/mol. The van der Waals surface area contributed by atoms with Crippen LogP contribution in [0.15, 0.2) is 16.5 Å². The molecule has 0 aliphatic carbocycles. The number of furan rings is 1. The Labute approximate surface area is 105 Å². The molecule has 0 atom stereocenters. The van der Waals surface area contributed by atoms with E-state index in [1.54, 1.807) is 17.9 Å². The Morgan fingerprint density at radius 3 is 2.61 bits per heavy atom. The van der Waals surface area contributed by atoms with Crippen molar-refractivity contribution in [3.63, 3.8) is 0 Å². The van der Waals surface area contributed by atoms with Crippen molar-refractivity contribution in [3.05, 3.63) is 17.9 Å². The molecule has 1 aromatic rings. The molecule has 0 aromatic carbocycles. The minimum Gasteiger partial charge on any atom is -0.475 e. The van der Waals surface area contributed by atoms with Crippen LogP contribution in [-0.4, -0.2) is 48.1 Å². The molecule has 98 valence electrons. The van der Waals surface area contributed by atoms with Crippen molar-refractivity contribution in [2.24, 2.45) is 0 Å². The molecule has 1 aliphatic rings. The van der Waals surface area contributed by atoms with E-state index >= 15 is 0 Å². The van der Waals surface area contributed by atoms with Crippen molar-refractivity contribution in [2.45, 2.75) is 13.3 Å². The summed E-state index contributed by atoms with van der Waals surface area (Å²) in [5, 5.41) is 8.80. The summed E-state index contributed by atoms with van der Waals surface area (Å²) >= 11 is 0. The molecule has 1 amide bonds. The Kier molecular flexibility index (Phi) is 3.55. The van der Waals surface area contributed by atoms with Gasteiger partial charge in [-0.25, -0.2) is 4.79 Å². The molecule has 1 aromatic heterocycles. The van der Waals surface area contributed by atoms with Gasteiger partial charge in [-0.2, -0.15) is 0 Å². The zero-order valence-electron chi connectivity index (χ0n) is 10.3. The fourth-order valence-electron chi connectivity index (χ4n) is 2.07. The highest BCUT2D eigenvalue weighted by Gasteiger charge is 2.19. The SMILES string of the molecule is CC(=O)N1CCCN(c2ccc(C(=O)O)o2)CC1. The van der Waals surface area contributed by atoms with E-state index in [0.29, 0.717) is 19.0 Å². The number of hydrogen-bond acceptors (Lipinski definition) is 4. The van der Waals surface area contributed by atoms with Crippen LogP contribution in [0.2, 0.25) is 0 Å². The van der Waals surface area contributed by atoms with Gasteiger partial charge in [0.2, 0.25) is 11.7 Å². The topological polar surface area (TPSA) is 74.0 Å². The van der Waals surface area contributed by atoms with E-state index in [1.165, 1.54) is 6.07 Å². The lowest BCUT2D eigenvalue weighted by Crippen LogP contribution is -2.33. The van der Waals surface area contributed by atoms with E-state index in [4.69, 9.17) is 9.52 Å². The predicted molar refractivity (Wildman–Crippen MR) is 64.8 cm³/mol. The lowest BCUT2D eigenvalue weighted by molar-refractivity contribution is -0.128. The summed E-state index contributed by atoms with van der Waals surface area (Å²) < 4.78 is 5.26. The standard InChI is InChI=1S/C12H16N2O4/c1-9(15)13-5-2-6-14(8-7-13)11-4-3-10(18-11)12(16)17/h3-4H,2,5-8H2,1H3,(H,16,17). The molecular weight excluding hydrogens is 236 g/mol. The smallest absolute Gasteiger partial charge is 0.371 e. The number of anilines is 1. The number of nitrogens with zero attached hydrogens (tertiary/aromatic N) is 2. The molecule has 6 heteroatoms. The third kappa shape index (κ3) is 2.64. The van der Waals surface area contributed by atoms with E-state index in [2.05, 4.69) is 0 Å². The average Bonchev–Trinajstić information content (AvgIpc) is 2.67. The van der Waals surface area contributed by atoms with Crippen LogP contribution in [0.1, 0.15) is 23.9 Å². The van der Waals surface area contributed by atoms with E-state index in [1.807, 2.05) is 4.90 Å². The van der Waals surface area contributed by atoms with Crippen LogP contribution in [-0.2, 0) is 4.79 Å². The maximum Gasteiger partial charge on any atom is 0.371 e. The number of rotatable bonds is 2. The van der Waals surface area contributed by atoms with Gasteiger partial charge in [-0.3, -0.25) is 4.79 Å². The first-order chi connectivity index (χ1) is 8.58. The van der Waals surface area contributed by atoms with Gasteiger partial charge in [0.1, 0.15) is 0 Å². The summed E-state index contributed by atoms with van der Waals surface area (Å²) in [4.78, 5) is 25.8. The molecule has 1 fully saturated rings. The van der Waals surface area contributed by atoms with E-state index in [-0.39, 0.29) is 11.7 Å². The molecule has 18 heavy (non-hydrogen) atoms. The summed E-state index contributed by atoms with van der Waals surface area (Å²) in [5.41, 5.74) is 0. The van der Waals surface area contributed by atoms with Crippen LogP contribution in [0.4, 0.5) is 5.88 Å². The van der Waals surface area contributed by atoms with Gasteiger partial charge in [0.05, 0.1) is 0 Å². The summed E-state index contributed by atoms with van der Waals surface area (Å²) in [7, 11) is 0. The second-order valence-corrected chi connectivity index (χ2v) is 4.29. The van der Waals surface area contributed by atoms with Gasteiger partial charge in [-0.05, 0) is 12.5 Å². The molecule has 0 bridgehead atoms. The molecular formula is C12H16N2O4. The van der Waals surface area contributed by atoms with Gasteiger partial charge in [0.25, 0.3) is 0 Å². The van der Waals surface area contributed by atoms with Gasteiger partial charge in [-0.1, -0.05) is 0 Å². The summed E-state index contributed by atoms with van der Waals surface area (Å²) in [6, 6.07) is 3.11. The van der Waals surface area contributed by atoms with Gasteiger partial charge < -0.3 is 19.3 Å². The number of carbonyl (C=O) groups excluding carboxylic acids is 1. The van der Waals surface area contributed by atoms with Gasteiger partial charge in [-0.15, -0.1) is 0 Å². The molecule has 6 nitrogen and oxygen atoms in total. The lowest BCUT2D eigenvalue weighted by Gasteiger charge is -2.20.